The molecule has 0 amide bonds. The number of rotatable bonds is 4. The van der Waals surface area contributed by atoms with E-state index in [4.69, 9.17) is 15.3 Å². The van der Waals surface area contributed by atoms with Crippen LogP contribution in [0.2, 0.25) is 0 Å². The van der Waals surface area contributed by atoms with Gasteiger partial charge in [0, 0.05) is 0 Å². The Balaban J connectivity index is 4.37. The second kappa shape index (κ2) is 3.72. The monoisotopic (exact) mass is 160 g/mol. The lowest BCUT2D eigenvalue weighted by Crippen LogP contribution is -2.33. The lowest BCUT2D eigenvalue weighted by atomic mass is 10.0. The first-order valence-corrected chi connectivity index (χ1v) is 2.77. The van der Waals surface area contributed by atoms with E-state index in [-0.39, 0.29) is 0 Å². The molecule has 0 aromatic rings. The molecule has 0 aromatic carbocycles. The van der Waals surface area contributed by atoms with Crippen molar-refractivity contribution in [2.75, 3.05) is 0 Å². The number of hydrogen-bond acceptors (Lipinski definition) is 3. The van der Waals surface area contributed by atoms with Crippen LogP contribution in [0.15, 0.2) is 12.7 Å². The summed E-state index contributed by atoms with van der Waals surface area (Å²) in [5.74, 6) is -4.43. The Hall–Kier alpha value is -1.36. The normalized spacial score (nSPS) is 15.0. The van der Waals surface area contributed by atoms with E-state index < -0.39 is 24.0 Å². The number of carboxylic acids is 2. The van der Waals surface area contributed by atoms with Crippen molar-refractivity contribution in [3.63, 3.8) is 0 Å². The van der Waals surface area contributed by atoms with Crippen molar-refractivity contribution in [3.05, 3.63) is 12.7 Å². The summed E-state index contributed by atoms with van der Waals surface area (Å²) >= 11 is 0. The topological polar surface area (TPSA) is 94.8 Å². The van der Waals surface area contributed by atoms with Crippen LogP contribution >= 0.6 is 0 Å². The zero-order chi connectivity index (χ0) is 9.02. The number of aliphatic hydroxyl groups excluding tert-OH is 1. The Morgan fingerprint density at radius 1 is 1.27 bits per heavy atom. The highest BCUT2D eigenvalue weighted by atomic mass is 16.4. The molecule has 62 valence electrons. The molecular formula is C6H8O5. The van der Waals surface area contributed by atoms with Gasteiger partial charge in [-0.25, -0.2) is 4.79 Å². The summed E-state index contributed by atoms with van der Waals surface area (Å²) in [4.78, 5) is 20.2. The van der Waals surface area contributed by atoms with Gasteiger partial charge in [0.25, 0.3) is 0 Å². The second-order valence-corrected chi connectivity index (χ2v) is 1.88. The molecule has 0 rings (SSSR count). The molecule has 3 N–H and O–H groups in total. The largest absolute Gasteiger partial charge is 0.481 e. The fourth-order valence-electron chi connectivity index (χ4n) is 0.518. The summed E-state index contributed by atoms with van der Waals surface area (Å²) in [5, 5.41) is 25.2. The first kappa shape index (κ1) is 9.64. The molecule has 0 radical (unpaired) electrons. The molecular weight excluding hydrogens is 152 g/mol. The molecule has 0 aliphatic carbocycles. The minimum absolute atomic E-state index is 0.876. The van der Waals surface area contributed by atoms with E-state index in [1.165, 1.54) is 0 Å². The van der Waals surface area contributed by atoms with Gasteiger partial charge in [-0.15, -0.1) is 6.58 Å². The van der Waals surface area contributed by atoms with Crippen molar-refractivity contribution in [3.8, 4) is 0 Å². The lowest BCUT2D eigenvalue weighted by Gasteiger charge is -2.09. The SMILES string of the molecule is C=CC(C(=O)O)[C@@H](O)C(=O)O. The average Bonchev–Trinajstić information content (AvgIpc) is 1.88. The predicted octanol–water partition coefficient (Wildman–Crippen LogP) is -0.681. The third-order valence-corrected chi connectivity index (χ3v) is 1.13. The van der Waals surface area contributed by atoms with Crippen LogP contribution in [0.25, 0.3) is 0 Å². The van der Waals surface area contributed by atoms with Crippen LogP contribution < -0.4 is 0 Å². The van der Waals surface area contributed by atoms with Gasteiger partial charge in [0.05, 0.1) is 0 Å². The van der Waals surface area contributed by atoms with E-state index in [1.807, 2.05) is 0 Å². The lowest BCUT2D eigenvalue weighted by molar-refractivity contribution is -0.157. The van der Waals surface area contributed by atoms with E-state index in [1.54, 1.807) is 0 Å². The van der Waals surface area contributed by atoms with Gasteiger partial charge >= 0.3 is 11.9 Å². The van der Waals surface area contributed by atoms with Crippen molar-refractivity contribution in [1.29, 1.82) is 0 Å². The van der Waals surface area contributed by atoms with Gasteiger partial charge in [-0.2, -0.15) is 0 Å². The first-order valence-electron chi connectivity index (χ1n) is 2.77. The summed E-state index contributed by atoms with van der Waals surface area (Å²) in [6.07, 6.45) is -1.05. The maximum absolute atomic E-state index is 10.2. The van der Waals surface area contributed by atoms with Crippen LogP contribution in [-0.4, -0.2) is 33.4 Å². The molecule has 2 atom stereocenters. The zero-order valence-electron chi connectivity index (χ0n) is 5.60. The highest BCUT2D eigenvalue weighted by Crippen LogP contribution is 2.05. The third-order valence-electron chi connectivity index (χ3n) is 1.13. The maximum Gasteiger partial charge on any atom is 0.333 e. The number of carbonyl (C=O) groups is 2. The molecule has 0 saturated heterocycles. The van der Waals surface area contributed by atoms with E-state index in [0.29, 0.717) is 0 Å². The van der Waals surface area contributed by atoms with Crippen LogP contribution in [-0.2, 0) is 9.59 Å². The molecule has 5 heteroatoms. The highest BCUT2D eigenvalue weighted by Gasteiger charge is 2.28. The van der Waals surface area contributed by atoms with Gasteiger partial charge in [-0.1, -0.05) is 6.08 Å². The molecule has 0 aliphatic rings. The summed E-state index contributed by atoms with van der Waals surface area (Å²) in [7, 11) is 0. The Morgan fingerprint density at radius 3 is 1.82 bits per heavy atom. The summed E-state index contributed by atoms with van der Waals surface area (Å²) < 4.78 is 0. The van der Waals surface area contributed by atoms with Crippen molar-refractivity contribution >= 4 is 11.9 Å². The van der Waals surface area contributed by atoms with Crippen LogP contribution in [0.5, 0.6) is 0 Å². The Kier molecular flexibility index (Phi) is 3.26. The average molecular weight is 160 g/mol. The van der Waals surface area contributed by atoms with Crippen LogP contribution in [0.4, 0.5) is 0 Å². The predicted molar refractivity (Wildman–Crippen MR) is 35.0 cm³/mol. The van der Waals surface area contributed by atoms with Crippen LogP contribution in [0.3, 0.4) is 0 Å². The summed E-state index contributed by atoms with van der Waals surface area (Å²) in [5.41, 5.74) is 0. The van der Waals surface area contributed by atoms with Crippen molar-refractivity contribution in [2.24, 2.45) is 5.92 Å². The van der Waals surface area contributed by atoms with Gasteiger partial charge in [0.15, 0.2) is 6.10 Å². The standard InChI is InChI=1S/C6H8O5/c1-2-3(5(8)9)4(7)6(10)11/h2-4,7H,1H2,(H,8,9)(H,10,11)/t3?,4-/m1/s1. The van der Waals surface area contributed by atoms with Gasteiger partial charge < -0.3 is 15.3 Å². The smallest absolute Gasteiger partial charge is 0.333 e. The molecule has 0 saturated carbocycles. The molecule has 0 bridgehead atoms. The van der Waals surface area contributed by atoms with E-state index in [2.05, 4.69) is 6.58 Å². The molecule has 5 nitrogen and oxygen atoms in total. The van der Waals surface area contributed by atoms with Crippen molar-refractivity contribution in [1.82, 2.24) is 0 Å². The molecule has 11 heavy (non-hydrogen) atoms. The fraction of sp³-hybridized carbons (Fsp3) is 0.333. The molecule has 0 heterocycles. The Morgan fingerprint density at radius 2 is 1.73 bits per heavy atom. The van der Waals surface area contributed by atoms with E-state index in [9.17, 15) is 9.59 Å². The molecule has 1 unspecified atom stereocenters. The summed E-state index contributed by atoms with van der Waals surface area (Å²) in [6.45, 7) is 3.08. The molecule has 0 aromatic heterocycles. The van der Waals surface area contributed by atoms with Gasteiger partial charge in [-0.3, -0.25) is 4.79 Å². The molecule has 0 fully saturated rings. The number of hydrogen-bond donors (Lipinski definition) is 3. The van der Waals surface area contributed by atoms with Crippen LogP contribution in [0.1, 0.15) is 0 Å². The molecule has 0 aliphatic heterocycles. The highest BCUT2D eigenvalue weighted by molar-refractivity contribution is 5.82. The molecule has 0 spiro atoms. The van der Waals surface area contributed by atoms with E-state index >= 15 is 0 Å². The summed E-state index contributed by atoms with van der Waals surface area (Å²) in [6, 6.07) is 0. The maximum atomic E-state index is 10.2. The Labute approximate surface area is 62.6 Å². The van der Waals surface area contributed by atoms with Crippen molar-refractivity contribution < 1.29 is 24.9 Å². The van der Waals surface area contributed by atoms with Gasteiger partial charge in [0.1, 0.15) is 5.92 Å². The number of carboxylic acid groups (broad SMARTS) is 2. The minimum Gasteiger partial charge on any atom is -0.481 e. The number of aliphatic carboxylic acids is 2. The second-order valence-electron chi connectivity index (χ2n) is 1.88. The Bertz CT molecular complexity index is 185. The number of aliphatic hydroxyl groups is 1. The van der Waals surface area contributed by atoms with E-state index in [0.717, 1.165) is 6.08 Å². The van der Waals surface area contributed by atoms with Gasteiger partial charge in [0.2, 0.25) is 0 Å². The van der Waals surface area contributed by atoms with Crippen molar-refractivity contribution in [2.45, 2.75) is 6.10 Å². The van der Waals surface area contributed by atoms with Crippen LogP contribution in [0, 0.1) is 5.92 Å². The third kappa shape index (κ3) is 2.38. The fourth-order valence-corrected chi connectivity index (χ4v) is 0.518. The minimum atomic E-state index is -1.93. The quantitative estimate of drug-likeness (QED) is 0.473. The first-order chi connectivity index (χ1) is 5.00. The zero-order valence-corrected chi connectivity index (χ0v) is 5.60. The van der Waals surface area contributed by atoms with Gasteiger partial charge in [-0.05, 0) is 0 Å².